The van der Waals surface area contributed by atoms with Crippen LogP contribution in [0.2, 0.25) is 0 Å². The lowest BCUT2D eigenvalue weighted by atomic mass is 9.98. The number of hydrogen-bond acceptors (Lipinski definition) is 4. The molecule has 0 radical (unpaired) electrons. The molecule has 6 nitrogen and oxygen atoms in total. The number of alkyl carbamates (subject to hydrolysis) is 1. The van der Waals surface area contributed by atoms with Crippen molar-refractivity contribution in [2.24, 2.45) is 0 Å². The SMILES string of the molecule is C=CCCn1cc(CNC(=O)OCC2c3ccccc3-c3ccccc32)nn1. The summed E-state index contributed by atoms with van der Waals surface area (Å²) >= 11 is 0. The summed E-state index contributed by atoms with van der Waals surface area (Å²) < 4.78 is 7.25. The standard InChI is InChI=1S/C22H22N4O2/c1-2-3-12-26-14-16(24-25-26)13-23-22(27)28-15-21-19-10-6-4-8-17(19)18-9-5-7-11-20(18)21/h2,4-11,14,21H,1,3,12-13,15H2,(H,23,27). The van der Waals surface area contributed by atoms with Crippen molar-refractivity contribution in [3.05, 3.63) is 84.2 Å². The summed E-state index contributed by atoms with van der Waals surface area (Å²) in [6, 6.07) is 16.5. The van der Waals surface area contributed by atoms with Crippen molar-refractivity contribution in [1.82, 2.24) is 20.3 Å². The van der Waals surface area contributed by atoms with Crippen molar-refractivity contribution in [3.63, 3.8) is 0 Å². The summed E-state index contributed by atoms with van der Waals surface area (Å²) in [5.74, 6) is 0.0536. The van der Waals surface area contributed by atoms with Crippen LogP contribution >= 0.6 is 0 Å². The minimum atomic E-state index is -0.456. The predicted molar refractivity (Wildman–Crippen MR) is 107 cm³/mol. The van der Waals surface area contributed by atoms with Crippen molar-refractivity contribution in [3.8, 4) is 11.1 Å². The Kier molecular flexibility index (Phi) is 5.19. The van der Waals surface area contributed by atoms with Gasteiger partial charge >= 0.3 is 6.09 Å². The first kappa shape index (κ1) is 18.0. The first-order valence-corrected chi connectivity index (χ1v) is 9.35. The van der Waals surface area contributed by atoms with E-state index in [1.807, 2.05) is 36.5 Å². The number of nitrogens with one attached hydrogen (secondary N) is 1. The first-order valence-electron chi connectivity index (χ1n) is 9.35. The quantitative estimate of drug-likeness (QED) is 0.637. The molecule has 2 aromatic carbocycles. The number of aryl methyl sites for hydroxylation is 1. The maximum atomic E-state index is 12.2. The number of benzene rings is 2. The van der Waals surface area contributed by atoms with Gasteiger partial charge in [0.2, 0.25) is 0 Å². The third-order valence-corrected chi connectivity index (χ3v) is 4.91. The number of carbonyl (C=O) groups excluding carboxylic acids is 1. The molecule has 0 atom stereocenters. The molecule has 0 saturated heterocycles. The van der Waals surface area contributed by atoms with Gasteiger partial charge in [-0.3, -0.25) is 4.68 Å². The molecule has 28 heavy (non-hydrogen) atoms. The second kappa shape index (κ2) is 8.08. The summed E-state index contributed by atoms with van der Waals surface area (Å²) in [6.07, 6.45) is 4.01. The Morgan fingerprint density at radius 2 is 1.82 bits per heavy atom. The van der Waals surface area contributed by atoms with Crippen molar-refractivity contribution in [2.75, 3.05) is 6.61 Å². The van der Waals surface area contributed by atoms with E-state index in [9.17, 15) is 4.79 Å². The van der Waals surface area contributed by atoms with Crippen LogP contribution < -0.4 is 5.32 Å². The number of rotatable bonds is 7. The van der Waals surface area contributed by atoms with E-state index in [0.29, 0.717) is 12.3 Å². The van der Waals surface area contributed by atoms with Crippen LogP contribution in [-0.2, 0) is 17.8 Å². The topological polar surface area (TPSA) is 69.0 Å². The number of aromatic nitrogens is 3. The molecule has 1 aliphatic carbocycles. The molecule has 0 fully saturated rings. The molecule has 1 amide bonds. The molecule has 1 heterocycles. The zero-order valence-corrected chi connectivity index (χ0v) is 15.5. The molecule has 0 aliphatic heterocycles. The number of amides is 1. The Balaban J connectivity index is 1.35. The van der Waals surface area contributed by atoms with Gasteiger partial charge in [0.1, 0.15) is 12.3 Å². The van der Waals surface area contributed by atoms with Gasteiger partial charge in [-0.15, -0.1) is 11.7 Å². The summed E-state index contributed by atoms with van der Waals surface area (Å²) in [4.78, 5) is 12.2. The van der Waals surface area contributed by atoms with E-state index in [2.05, 4.69) is 46.5 Å². The van der Waals surface area contributed by atoms with Crippen molar-refractivity contribution in [1.29, 1.82) is 0 Å². The van der Waals surface area contributed by atoms with Gasteiger partial charge in [-0.2, -0.15) is 0 Å². The van der Waals surface area contributed by atoms with Gasteiger partial charge < -0.3 is 10.1 Å². The molecule has 142 valence electrons. The van der Waals surface area contributed by atoms with Crippen molar-refractivity contribution >= 4 is 6.09 Å². The largest absolute Gasteiger partial charge is 0.449 e. The highest BCUT2D eigenvalue weighted by molar-refractivity contribution is 5.79. The van der Waals surface area contributed by atoms with Crippen LogP contribution in [0.15, 0.2) is 67.4 Å². The van der Waals surface area contributed by atoms with Crippen LogP contribution in [0.1, 0.15) is 29.2 Å². The smallest absolute Gasteiger partial charge is 0.407 e. The number of hydrogen-bond donors (Lipinski definition) is 1. The molecule has 1 aliphatic rings. The van der Waals surface area contributed by atoms with E-state index in [-0.39, 0.29) is 12.5 Å². The monoisotopic (exact) mass is 374 g/mol. The molecule has 3 aromatic rings. The number of allylic oxidation sites excluding steroid dienone is 1. The molecule has 1 N–H and O–H groups in total. The Bertz CT molecular complexity index is 950. The second-order valence-electron chi connectivity index (χ2n) is 6.73. The molecule has 4 rings (SSSR count). The van der Waals surface area contributed by atoms with E-state index in [1.54, 1.807) is 4.68 Å². The third kappa shape index (κ3) is 3.67. The molecule has 1 aromatic heterocycles. The fraction of sp³-hybridized carbons (Fsp3) is 0.227. The predicted octanol–water partition coefficient (Wildman–Crippen LogP) is 3.89. The number of carbonyl (C=O) groups is 1. The molecular weight excluding hydrogens is 352 g/mol. The highest BCUT2D eigenvalue weighted by Crippen LogP contribution is 2.44. The van der Waals surface area contributed by atoms with E-state index < -0.39 is 6.09 Å². The van der Waals surface area contributed by atoms with Crippen molar-refractivity contribution in [2.45, 2.75) is 25.4 Å². The minimum Gasteiger partial charge on any atom is -0.449 e. The van der Waals surface area contributed by atoms with Gasteiger partial charge in [-0.1, -0.05) is 59.8 Å². The summed E-state index contributed by atoms with van der Waals surface area (Å²) in [7, 11) is 0. The third-order valence-electron chi connectivity index (χ3n) is 4.91. The lowest BCUT2D eigenvalue weighted by Gasteiger charge is -2.14. The van der Waals surface area contributed by atoms with Crippen LogP contribution in [0.25, 0.3) is 11.1 Å². The van der Waals surface area contributed by atoms with Crippen LogP contribution in [0, 0.1) is 0 Å². The summed E-state index contributed by atoms with van der Waals surface area (Å²) in [6.45, 7) is 4.99. The normalized spacial score (nSPS) is 12.3. The van der Waals surface area contributed by atoms with E-state index in [0.717, 1.165) is 13.0 Å². The first-order chi connectivity index (χ1) is 13.8. The lowest BCUT2D eigenvalue weighted by molar-refractivity contribution is 0.142. The highest BCUT2D eigenvalue weighted by atomic mass is 16.5. The van der Waals surface area contributed by atoms with Crippen molar-refractivity contribution < 1.29 is 9.53 Å². The number of nitrogens with zero attached hydrogens (tertiary/aromatic N) is 3. The maximum Gasteiger partial charge on any atom is 0.407 e. The van der Waals surface area contributed by atoms with Gasteiger partial charge in [-0.05, 0) is 28.7 Å². The van der Waals surface area contributed by atoms with E-state index >= 15 is 0 Å². The summed E-state index contributed by atoms with van der Waals surface area (Å²) in [5.41, 5.74) is 5.51. The number of fused-ring (bicyclic) bond motifs is 3. The zero-order chi connectivity index (χ0) is 19.3. The van der Waals surface area contributed by atoms with Gasteiger partial charge in [0, 0.05) is 12.5 Å². The average molecular weight is 374 g/mol. The van der Waals surface area contributed by atoms with Gasteiger partial charge in [0.05, 0.1) is 12.7 Å². The van der Waals surface area contributed by atoms with Crippen LogP contribution in [-0.4, -0.2) is 27.7 Å². The van der Waals surface area contributed by atoms with Gasteiger partial charge in [-0.25, -0.2) is 4.79 Å². The second-order valence-corrected chi connectivity index (χ2v) is 6.73. The highest BCUT2D eigenvalue weighted by Gasteiger charge is 2.28. The molecule has 6 heteroatoms. The Hall–Kier alpha value is -3.41. The van der Waals surface area contributed by atoms with E-state index in [4.69, 9.17) is 4.74 Å². The fourth-order valence-corrected chi connectivity index (χ4v) is 3.56. The molecule has 0 saturated carbocycles. The molecule has 0 unspecified atom stereocenters. The minimum absolute atomic E-state index is 0.0536. The maximum absolute atomic E-state index is 12.2. The van der Waals surface area contributed by atoms with Crippen LogP contribution in [0.5, 0.6) is 0 Å². The average Bonchev–Trinajstić information content (AvgIpc) is 3.32. The van der Waals surface area contributed by atoms with Crippen LogP contribution in [0.4, 0.5) is 4.79 Å². The molecule has 0 bridgehead atoms. The number of ether oxygens (including phenoxy) is 1. The Morgan fingerprint density at radius 3 is 2.50 bits per heavy atom. The van der Waals surface area contributed by atoms with E-state index in [1.165, 1.54) is 22.3 Å². The molecule has 0 spiro atoms. The van der Waals surface area contributed by atoms with Crippen LogP contribution in [0.3, 0.4) is 0 Å². The Morgan fingerprint density at radius 1 is 1.14 bits per heavy atom. The van der Waals surface area contributed by atoms with Gasteiger partial charge in [0.15, 0.2) is 0 Å². The Labute approximate surface area is 163 Å². The summed E-state index contributed by atoms with van der Waals surface area (Å²) in [5, 5.41) is 10.8. The molecular formula is C22H22N4O2. The lowest BCUT2D eigenvalue weighted by Crippen LogP contribution is -2.25. The fourth-order valence-electron chi connectivity index (χ4n) is 3.56. The van der Waals surface area contributed by atoms with Gasteiger partial charge in [0.25, 0.3) is 0 Å². The zero-order valence-electron chi connectivity index (χ0n) is 15.5.